The summed E-state index contributed by atoms with van der Waals surface area (Å²) in [6.07, 6.45) is 0.589. The van der Waals surface area contributed by atoms with Crippen LogP contribution in [0.15, 0.2) is 42.5 Å². The van der Waals surface area contributed by atoms with Crippen LogP contribution < -0.4 is 40.0 Å². The molecule has 0 saturated carbocycles. The van der Waals surface area contributed by atoms with Gasteiger partial charge >= 0.3 is 29.6 Å². The number of carbonyl (C=O) groups is 1. The third kappa shape index (κ3) is 5.16. The monoisotopic (exact) mass is 295 g/mol. The minimum atomic E-state index is -0.341. The van der Waals surface area contributed by atoms with Crippen LogP contribution in [-0.2, 0) is 11.2 Å². The van der Waals surface area contributed by atoms with Gasteiger partial charge in [0, 0.05) is 13.5 Å². The standard InChI is InChI=1S/C16H16FNO2.Na/c1-11(19)18-8-7-12-5-6-15(20)10-16(12)13-3-2-4-14(17)9-13;/h2-6,9-10,20H,7-8H2,1H3,(H,18,19);/q;+1/p-1. The second-order valence-corrected chi connectivity index (χ2v) is 4.56. The Kier molecular flexibility index (Phi) is 6.89. The van der Waals surface area contributed by atoms with E-state index in [-0.39, 0.29) is 47.0 Å². The zero-order chi connectivity index (χ0) is 14.5. The Morgan fingerprint density at radius 3 is 2.67 bits per heavy atom. The van der Waals surface area contributed by atoms with Gasteiger partial charge in [-0.15, -0.1) is 5.75 Å². The molecule has 0 fully saturated rings. The summed E-state index contributed by atoms with van der Waals surface area (Å²) in [5, 5.41) is 14.2. The minimum absolute atomic E-state index is 0. The average Bonchev–Trinajstić information content (AvgIpc) is 2.40. The van der Waals surface area contributed by atoms with Crippen LogP contribution in [0.3, 0.4) is 0 Å². The predicted octanol–water partition coefficient (Wildman–Crippen LogP) is -0.751. The molecule has 0 spiro atoms. The Labute approximate surface area is 145 Å². The molecule has 0 bridgehead atoms. The van der Waals surface area contributed by atoms with Gasteiger partial charge in [0.2, 0.25) is 5.91 Å². The van der Waals surface area contributed by atoms with Crippen LogP contribution in [0.2, 0.25) is 0 Å². The summed E-state index contributed by atoms with van der Waals surface area (Å²) < 4.78 is 13.3. The molecule has 0 aromatic heterocycles. The van der Waals surface area contributed by atoms with Crippen molar-refractivity contribution in [3.63, 3.8) is 0 Å². The molecular formula is C16H15FNNaO2. The fourth-order valence-corrected chi connectivity index (χ4v) is 2.07. The van der Waals surface area contributed by atoms with Gasteiger partial charge in [-0.3, -0.25) is 4.79 Å². The smallest absolute Gasteiger partial charge is 0.872 e. The van der Waals surface area contributed by atoms with E-state index in [1.54, 1.807) is 18.2 Å². The molecule has 5 heteroatoms. The SMILES string of the molecule is CC(=O)NCCc1ccc([O-])cc1-c1cccc(F)c1.[Na+]. The Balaban J connectivity index is 0.00000220. The second-order valence-electron chi connectivity index (χ2n) is 4.56. The van der Waals surface area contributed by atoms with Crippen LogP contribution in [0, 0.1) is 5.82 Å². The van der Waals surface area contributed by atoms with Crippen molar-refractivity contribution in [3.05, 3.63) is 53.8 Å². The Morgan fingerprint density at radius 2 is 2.00 bits per heavy atom. The van der Waals surface area contributed by atoms with Gasteiger partial charge in [0.25, 0.3) is 0 Å². The van der Waals surface area contributed by atoms with E-state index in [4.69, 9.17) is 0 Å². The van der Waals surface area contributed by atoms with Crippen molar-refractivity contribution in [2.45, 2.75) is 13.3 Å². The first-order valence-corrected chi connectivity index (χ1v) is 6.36. The second kappa shape index (κ2) is 8.17. The molecule has 2 aromatic carbocycles. The van der Waals surface area contributed by atoms with Gasteiger partial charge in [0.15, 0.2) is 0 Å². The normalized spacial score (nSPS) is 9.81. The van der Waals surface area contributed by atoms with E-state index < -0.39 is 0 Å². The zero-order valence-electron chi connectivity index (χ0n) is 12.2. The van der Waals surface area contributed by atoms with Crippen LogP contribution in [0.5, 0.6) is 5.75 Å². The Morgan fingerprint density at radius 1 is 1.24 bits per heavy atom. The molecule has 21 heavy (non-hydrogen) atoms. The Bertz CT molecular complexity index is 631. The largest absolute Gasteiger partial charge is 1.00 e. The van der Waals surface area contributed by atoms with Gasteiger partial charge < -0.3 is 10.4 Å². The maximum absolute atomic E-state index is 13.3. The van der Waals surface area contributed by atoms with E-state index in [0.29, 0.717) is 24.1 Å². The summed E-state index contributed by atoms with van der Waals surface area (Å²) in [5.41, 5.74) is 2.28. The molecule has 0 aliphatic rings. The first-order chi connectivity index (χ1) is 9.56. The average molecular weight is 295 g/mol. The molecule has 0 radical (unpaired) electrons. The minimum Gasteiger partial charge on any atom is -0.872 e. The molecule has 0 aliphatic heterocycles. The zero-order valence-corrected chi connectivity index (χ0v) is 14.2. The molecule has 104 valence electrons. The van der Waals surface area contributed by atoms with E-state index in [0.717, 1.165) is 5.56 Å². The van der Waals surface area contributed by atoms with Crippen LogP contribution in [0.4, 0.5) is 4.39 Å². The topological polar surface area (TPSA) is 52.2 Å². The fraction of sp³-hybridized carbons (Fsp3) is 0.188. The summed E-state index contributed by atoms with van der Waals surface area (Å²) in [6.45, 7) is 1.93. The van der Waals surface area contributed by atoms with E-state index in [2.05, 4.69) is 5.32 Å². The van der Waals surface area contributed by atoms with Crippen LogP contribution in [0.1, 0.15) is 12.5 Å². The molecule has 1 N–H and O–H groups in total. The maximum atomic E-state index is 13.3. The van der Waals surface area contributed by atoms with E-state index in [1.807, 2.05) is 0 Å². The molecule has 0 saturated heterocycles. The molecule has 2 aromatic rings. The summed E-state index contributed by atoms with van der Waals surface area (Å²) in [5.74, 6) is -0.558. The number of carbonyl (C=O) groups excluding carboxylic acids is 1. The molecule has 1 amide bonds. The van der Waals surface area contributed by atoms with Gasteiger partial charge in [0.05, 0.1) is 0 Å². The van der Waals surface area contributed by atoms with Crippen molar-refractivity contribution in [1.82, 2.24) is 5.32 Å². The number of hydrogen-bond donors (Lipinski definition) is 1. The van der Waals surface area contributed by atoms with Gasteiger partial charge in [-0.05, 0) is 35.2 Å². The maximum Gasteiger partial charge on any atom is 1.00 e. The first-order valence-electron chi connectivity index (χ1n) is 6.36. The summed E-state index contributed by atoms with van der Waals surface area (Å²) >= 11 is 0. The van der Waals surface area contributed by atoms with Gasteiger partial charge in [-0.1, -0.05) is 30.3 Å². The number of nitrogens with one attached hydrogen (secondary N) is 1. The van der Waals surface area contributed by atoms with Gasteiger partial charge in [-0.25, -0.2) is 4.39 Å². The quantitative estimate of drug-likeness (QED) is 0.755. The van der Waals surface area contributed by atoms with E-state index in [9.17, 15) is 14.3 Å². The molecular weight excluding hydrogens is 280 g/mol. The summed E-state index contributed by atoms with van der Waals surface area (Å²) in [7, 11) is 0. The van der Waals surface area contributed by atoms with Crippen molar-refractivity contribution >= 4 is 5.91 Å². The number of hydrogen-bond acceptors (Lipinski definition) is 2. The van der Waals surface area contributed by atoms with Crippen molar-refractivity contribution < 1.29 is 43.8 Å². The molecule has 0 unspecified atom stereocenters. The van der Waals surface area contributed by atoms with Crippen molar-refractivity contribution in [2.24, 2.45) is 0 Å². The Hall–Kier alpha value is -1.36. The number of benzene rings is 2. The van der Waals surface area contributed by atoms with Crippen LogP contribution in [0.25, 0.3) is 11.1 Å². The van der Waals surface area contributed by atoms with Crippen molar-refractivity contribution in [2.75, 3.05) is 6.54 Å². The third-order valence-electron chi connectivity index (χ3n) is 2.99. The molecule has 0 aliphatic carbocycles. The molecule has 2 rings (SSSR count). The number of rotatable bonds is 4. The number of halogens is 1. The molecule has 0 atom stereocenters. The summed E-state index contributed by atoms with van der Waals surface area (Å²) in [4.78, 5) is 10.9. The van der Waals surface area contributed by atoms with Crippen LogP contribution in [-0.4, -0.2) is 12.5 Å². The van der Waals surface area contributed by atoms with Crippen LogP contribution >= 0.6 is 0 Å². The first kappa shape index (κ1) is 17.7. The summed E-state index contributed by atoms with van der Waals surface area (Å²) in [6, 6.07) is 10.8. The van der Waals surface area contributed by atoms with Crippen molar-refractivity contribution in [1.29, 1.82) is 0 Å². The van der Waals surface area contributed by atoms with E-state index >= 15 is 0 Å². The molecule has 0 heterocycles. The fourth-order valence-electron chi connectivity index (χ4n) is 2.07. The van der Waals surface area contributed by atoms with Gasteiger partial charge in [0.1, 0.15) is 5.82 Å². The van der Waals surface area contributed by atoms with Crippen molar-refractivity contribution in [3.8, 4) is 16.9 Å². The van der Waals surface area contributed by atoms with E-state index in [1.165, 1.54) is 31.2 Å². The third-order valence-corrected chi connectivity index (χ3v) is 2.99. The molecule has 3 nitrogen and oxygen atoms in total. The predicted molar refractivity (Wildman–Crippen MR) is 73.7 cm³/mol. The number of amides is 1. The van der Waals surface area contributed by atoms with Gasteiger partial charge in [-0.2, -0.15) is 0 Å².